The first-order chi connectivity index (χ1) is 19.6. The zero-order valence-electron chi connectivity index (χ0n) is 24.2. The lowest BCUT2D eigenvalue weighted by Gasteiger charge is -2.10. The number of esters is 1. The van der Waals surface area contributed by atoms with E-state index in [1.165, 1.54) is 51.4 Å². The predicted molar refractivity (Wildman–Crippen MR) is 160 cm³/mol. The molecule has 0 bridgehead atoms. The van der Waals surface area contributed by atoms with Crippen LogP contribution in [0.15, 0.2) is 60.9 Å². The Labute approximate surface area is 239 Å². The first-order valence-electron chi connectivity index (χ1n) is 15.1. The van der Waals surface area contributed by atoms with Gasteiger partial charge in [0.2, 0.25) is 6.36 Å². The number of hydrogen-bond acceptors (Lipinski definition) is 5. The van der Waals surface area contributed by atoms with E-state index < -0.39 is 12.3 Å². The lowest BCUT2D eigenvalue weighted by atomic mass is 10.0. The summed E-state index contributed by atoms with van der Waals surface area (Å²) in [6.07, 6.45) is 16.4. The van der Waals surface area contributed by atoms with Gasteiger partial charge in [-0.2, -0.15) is 0 Å². The van der Waals surface area contributed by atoms with Gasteiger partial charge in [0.1, 0.15) is 0 Å². The number of nitrogens with zero attached hydrogens (tertiary/aromatic N) is 2. The van der Waals surface area contributed by atoms with Crippen LogP contribution in [0.3, 0.4) is 0 Å². The zero-order chi connectivity index (χ0) is 28.4. The molecular formula is C34H45FN2O3. The highest BCUT2D eigenvalue weighted by atomic mass is 19.1. The standard InChI is InChI=1S/C34H45FN2O3/c1-3-5-7-8-9-10-11-12-14-24-39-31-25-36-33(37-26-31)29-20-16-27(17-21-29)28-18-22-30(23-19-28)34(38)40-32(35)15-13-6-4-2/h16-23,25-26,32H,3-15,24H2,1-2H3. The van der Waals surface area contributed by atoms with Crippen LogP contribution in [-0.4, -0.2) is 28.9 Å². The van der Waals surface area contributed by atoms with E-state index in [1.54, 1.807) is 24.5 Å². The van der Waals surface area contributed by atoms with E-state index in [-0.39, 0.29) is 6.42 Å². The Balaban J connectivity index is 1.41. The third-order valence-corrected chi connectivity index (χ3v) is 7.01. The maximum atomic E-state index is 13.9. The average molecular weight is 549 g/mol. The van der Waals surface area contributed by atoms with Crippen LogP contribution in [0.1, 0.15) is 108 Å². The fourth-order valence-corrected chi connectivity index (χ4v) is 4.55. The van der Waals surface area contributed by atoms with E-state index in [9.17, 15) is 9.18 Å². The Morgan fingerprint density at radius 3 is 1.80 bits per heavy atom. The highest BCUT2D eigenvalue weighted by Crippen LogP contribution is 2.24. The molecule has 0 saturated heterocycles. The van der Waals surface area contributed by atoms with Crippen molar-refractivity contribution in [2.75, 3.05) is 6.61 Å². The van der Waals surface area contributed by atoms with Gasteiger partial charge in [-0.15, -0.1) is 0 Å². The first-order valence-corrected chi connectivity index (χ1v) is 15.1. The molecule has 0 radical (unpaired) electrons. The Hall–Kier alpha value is -3.28. The molecule has 0 aliphatic heterocycles. The van der Waals surface area contributed by atoms with Crippen LogP contribution in [0.25, 0.3) is 22.5 Å². The minimum atomic E-state index is -1.56. The first kappa shape index (κ1) is 31.3. The quantitative estimate of drug-likeness (QED) is 0.110. The molecule has 0 amide bonds. The lowest BCUT2D eigenvalue weighted by Crippen LogP contribution is -2.13. The average Bonchev–Trinajstić information content (AvgIpc) is 2.99. The van der Waals surface area contributed by atoms with Crippen LogP contribution < -0.4 is 4.74 Å². The summed E-state index contributed by atoms with van der Waals surface area (Å²) in [5.41, 5.74) is 3.19. The highest BCUT2D eigenvalue weighted by molar-refractivity contribution is 5.90. The van der Waals surface area contributed by atoms with Gasteiger partial charge in [0, 0.05) is 12.0 Å². The van der Waals surface area contributed by atoms with Gasteiger partial charge >= 0.3 is 5.97 Å². The van der Waals surface area contributed by atoms with Gasteiger partial charge in [-0.3, -0.25) is 0 Å². The van der Waals surface area contributed by atoms with E-state index in [4.69, 9.17) is 9.47 Å². The van der Waals surface area contributed by atoms with Crippen molar-refractivity contribution in [2.24, 2.45) is 0 Å². The van der Waals surface area contributed by atoms with E-state index in [0.717, 1.165) is 36.0 Å². The molecule has 0 saturated carbocycles. The second-order valence-electron chi connectivity index (χ2n) is 10.4. The maximum Gasteiger partial charge on any atom is 0.340 e. The number of carbonyl (C=O) groups is 1. The van der Waals surface area contributed by atoms with Crippen molar-refractivity contribution in [3.8, 4) is 28.3 Å². The minimum Gasteiger partial charge on any atom is -0.490 e. The molecule has 40 heavy (non-hydrogen) atoms. The molecule has 5 nitrogen and oxygen atoms in total. The molecule has 3 rings (SSSR count). The van der Waals surface area contributed by atoms with Crippen molar-refractivity contribution in [1.82, 2.24) is 9.97 Å². The van der Waals surface area contributed by atoms with Gasteiger partial charge in [0.25, 0.3) is 0 Å². The summed E-state index contributed by atoms with van der Waals surface area (Å²) < 4.78 is 24.6. The number of ether oxygens (including phenoxy) is 2. The van der Waals surface area contributed by atoms with E-state index in [0.29, 0.717) is 30.2 Å². The minimum absolute atomic E-state index is 0.239. The predicted octanol–water partition coefficient (Wildman–Crippen LogP) is 9.75. The number of carbonyl (C=O) groups excluding carboxylic acids is 1. The zero-order valence-corrected chi connectivity index (χ0v) is 24.2. The number of benzene rings is 2. The van der Waals surface area contributed by atoms with Crippen molar-refractivity contribution in [3.63, 3.8) is 0 Å². The molecule has 0 N–H and O–H groups in total. The molecule has 2 aromatic carbocycles. The summed E-state index contributed by atoms with van der Waals surface area (Å²) in [7, 11) is 0. The van der Waals surface area contributed by atoms with Crippen molar-refractivity contribution in [1.29, 1.82) is 0 Å². The summed E-state index contributed by atoms with van der Waals surface area (Å²) >= 11 is 0. The van der Waals surface area contributed by atoms with Gasteiger partial charge in [0.05, 0.1) is 24.6 Å². The number of alkyl halides is 1. The number of unbranched alkanes of at least 4 members (excludes halogenated alkanes) is 10. The van der Waals surface area contributed by atoms with E-state index in [2.05, 4.69) is 23.8 Å². The van der Waals surface area contributed by atoms with Crippen LogP contribution in [0, 0.1) is 0 Å². The summed E-state index contributed by atoms with van der Waals surface area (Å²) in [5.74, 6) is 0.696. The Kier molecular flexibility index (Phi) is 14.2. The van der Waals surface area contributed by atoms with Gasteiger partial charge in [-0.05, 0) is 36.1 Å². The molecule has 6 heteroatoms. The number of aromatic nitrogens is 2. The third kappa shape index (κ3) is 11.1. The van der Waals surface area contributed by atoms with Crippen molar-refractivity contribution in [3.05, 3.63) is 66.5 Å². The van der Waals surface area contributed by atoms with Crippen LogP contribution in [0.2, 0.25) is 0 Å². The molecule has 0 spiro atoms. The normalized spacial score (nSPS) is 11.8. The van der Waals surface area contributed by atoms with Crippen LogP contribution in [0.4, 0.5) is 4.39 Å². The summed E-state index contributed by atoms with van der Waals surface area (Å²) in [4.78, 5) is 21.2. The highest BCUT2D eigenvalue weighted by Gasteiger charge is 2.14. The van der Waals surface area contributed by atoms with Crippen LogP contribution >= 0.6 is 0 Å². The second kappa shape index (κ2) is 18.1. The fourth-order valence-electron chi connectivity index (χ4n) is 4.55. The van der Waals surface area contributed by atoms with E-state index >= 15 is 0 Å². The number of halogens is 1. The van der Waals surface area contributed by atoms with Gasteiger partial charge < -0.3 is 9.47 Å². The van der Waals surface area contributed by atoms with Crippen molar-refractivity contribution < 1.29 is 18.7 Å². The summed E-state index contributed by atoms with van der Waals surface area (Å²) in [5, 5.41) is 0. The van der Waals surface area contributed by atoms with Crippen molar-refractivity contribution >= 4 is 5.97 Å². The molecule has 0 aliphatic rings. The molecule has 1 heterocycles. The maximum absolute atomic E-state index is 13.9. The Morgan fingerprint density at radius 1 is 0.700 bits per heavy atom. The number of hydrogen-bond donors (Lipinski definition) is 0. The molecular weight excluding hydrogens is 503 g/mol. The Morgan fingerprint density at radius 2 is 1.20 bits per heavy atom. The molecule has 3 aromatic rings. The van der Waals surface area contributed by atoms with Gasteiger partial charge in [0.15, 0.2) is 11.6 Å². The van der Waals surface area contributed by atoms with Crippen molar-refractivity contribution in [2.45, 2.75) is 104 Å². The fraction of sp³-hybridized carbons (Fsp3) is 0.500. The molecule has 216 valence electrons. The van der Waals surface area contributed by atoms with E-state index in [1.807, 2.05) is 36.4 Å². The van der Waals surface area contributed by atoms with Crippen LogP contribution in [0.5, 0.6) is 5.75 Å². The largest absolute Gasteiger partial charge is 0.490 e. The molecule has 1 aromatic heterocycles. The second-order valence-corrected chi connectivity index (χ2v) is 10.4. The molecule has 0 aliphatic carbocycles. The molecule has 0 fully saturated rings. The van der Waals surface area contributed by atoms with Crippen LogP contribution in [-0.2, 0) is 4.74 Å². The van der Waals surface area contributed by atoms with Gasteiger partial charge in [-0.1, -0.05) is 114 Å². The Bertz CT molecular complexity index is 1100. The summed E-state index contributed by atoms with van der Waals surface area (Å²) in [6, 6.07) is 14.9. The van der Waals surface area contributed by atoms with Gasteiger partial charge in [-0.25, -0.2) is 19.2 Å². The third-order valence-electron chi connectivity index (χ3n) is 7.01. The SMILES string of the molecule is CCCCCCCCCCCOc1cnc(-c2ccc(-c3ccc(C(=O)OC(F)CCCCC)cc3)cc2)nc1. The topological polar surface area (TPSA) is 61.3 Å². The lowest BCUT2D eigenvalue weighted by molar-refractivity contribution is -0.0195. The molecule has 1 atom stereocenters. The monoisotopic (exact) mass is 548 g/mol. The number of rotatable bonds is 19. The summed E-state index contributed by atoms with van der Waals surface area (Å²) in [6.45, 7) is 4.99. The molecule has 1 unspecified atom stereocenters. The smallest absolute Gasteiger partial charge is 0.340 e.